The van der Waals surface area contributed by atoms with Gasteiger partial charge in [-0.1, -0.05) is 12.1 Å². The molecule has 10 heteroatoms. The normalized spacial score (nSPS) is 11.0. The van der Waals surface area contributed by atoms with Crippen molar-refractivity contribution in [1.29, 1.82) is 0 Å². The third kappa shape index (κ3) is 5.94. The van der Waals surface area contributed by atoms with Crippen molar-refractivity contribution in [1.82, 2.24) is 0 Å². The highest BCUT2D eigenvalue weighted by molar-refractivity contribution is 5.93. The summed E-state index contributed by atoms with van der Waals surface area (Å²) in [6.07, 6.45) is -4.57. The van der Waals surface area contributed by atoms with Crippen LogP contribution in [0.4, 0.5) is 27.6 Å². The van der Waals surface area contributed by atoms with E-state index in [0.717, 1.165) is 30.3 Å². The zero-order valence-corrected chi connectivity index (χ0v) is 13.5. The van der Waals surface area contributed by atoms with Crippen molar-refractivity contribution in [3.63, 3.8) is 0 Å². The van der Waals surface area contributed by atoms with Gasteiger partial charge in [0, 0.05) is 0 Å². The number of amides is 1. The van der Waals surface area contributed by atoms with Gasteiger partial charge < -0.3 is 14.8 Å². The van der Waals surface area contributed by atoms with E-state index in [1.165, 1.54) is 6.07 Å². The molecule has 0 aliphatic carbocycles. The topological polar surface area (TPSA) is 64.6 Å². The molecular formula is C17H12F5NO4. The molecule has 0 bridgehead atoms. The molecule has 0 saturated heterocycles. The zero-order chi connectivity index (χ0) is 20.0. The number of nitrogens with one attached hydrogen (secondary N) is 1. The van der Waals surface area contributed by atoms with Crippen LogP contribution in [0.3, 0.4) is 0 Å². The predicted molar refractivity (Wildman–Crippen MR) is 82.9 cm³/mol. The van der Waals surface area contributed by atoms with E-state index in [9.17, 15) is 31.5 Å². The molecule has 2 aromatic carbocycles. The molecule has 0 radical (unpaired) electrons. The van der Waals surface area contributed by atoms with Crippen LogP contribution in [0.25, 0.3) is 0 Å². The minimum Gasteiger partial charge on any atom is -0.482 e. The highest BCUT2D eigenvalue weighted by atomic mass is 19.4. The molecule has 0 heterocycles. The van der Waals surface area contributed by atoms with Gasteiger partial charge in [-0.2, -0.15) is 13.2 Å². The number of benzene rings is 2. The number of esters is 1. The van der Waals surface area contributed by atoms with Crippen LogP contribution in [0.2, 0.25) is 0 Å². The second-order valence-electron chi connectivity index (χ2n) is 5.12. The van der Waals surface area contributed by atoms with E-state index in [1.54, 1.807) is 0 Å². The second kappa shape index (κ2) is 8.47. The largest absolute Gasteiger partial charge is 0.482 e. The molecule has 0 unspecified atom stereocenters. The first-order chi connectivity index (χ1) is 12.7. The average Bonchev–Trinajstić information content (AvgIpc) is 2.61. The van der Waals surface area contributed by atoms with E-state index >= 15 is 0 Å². The number of ether oxygens (including phenoxy) is 2. The van der Waals surface area contributed by atoms with Gasteiger partial charge in [-0.3, -0.25) is 4.79 Å². The summed E-state index contributed by atoms with van der Waals surface area (Å²) in [6.45, 7) is -1.62. The van der Waals surface area contributed by atoms with E-state index in [0.29, 0.717) is 6.07 Å². The Hall–Kier alpha value is -3.17. The molecule has 0 fully saturated rings. The van der Waals surface area contributed by atoms with E-state index in [1.807, 2.05) is 5.32 Å². The minimum absolute atomic E-state index is 0.223. The van der Waals surface area contributed by atoms with Gasteiger partial charge in [0.05, 0.1) is 5.56 Å². The Labute approximate surface area is 149 Å². The van der Waals surface area contributed by atoms with Crippen molar-refractivity contribution in [3.05, 3.63) is 59.7 Å². The highest BCUT2D eigenvalue weighted by Gasteiger charge is 2.30. The first-order valence-electron chi connectivity index (χ1n) is 7.36. The Balaban J connectivity index is 1.82. The summed E-state index contributed by atoms with van der Waals surface area (Å²) in [7, 11) is 0. The highest BCUT2D eigenvalue weighted by Crippen LogP contribution is 2.31. The Morgan fingerprint density at radius 2 is 1.59 bits per heavy atom. The molecule has 27 heavy (non-hydrogen) atoms. The van der Waals surface area contributed by atoms with Crippen LogP contribution in [0.15, 0.2) is 42.5 Å². The van der Waals surface area contributed by atoms with Crippen LogP contribution in [0, 0.1) is 11.6 Å². The molecule has 0 aliphatic heterocycles. The molecule has 0 atom stereocenters. The summed E-state index contributed by atoms with van der Waals surface area (Å²) in [5.41, 5.74) is -1.65. The molecule has 144 valence electrons. The SMILES string of the molecule is O=C(COC(=O)COc1cccc(C(F)(F)F)c1)Nc1c(F)cccc1F. The number of alkyl halides is 3. The lowest BCUT2D eigenvalue weighted by Gasteiger charge is -2.10. The molecule has 2 rings (SSSR count). The first-order valence-corrected chi connectivity index (χ1v) is 7.36. The fourth-order valence-electron chi connectivity index (χ4n) is 1.88. The van der Waals surface area contributed by atoms with Gasteiger partial charge in [0.1, 0.15) is 23.1 Å². The van der Waals surface area contributed by atoms with Gasteiger partial charge in [0.25, 0.3) is 5.91 Å². The number of rotatable bonds is 6. The van der Waals surface area contributed by atoms with Crippen LogP contribution in [0.1, 0.15) is 5.56 Å². The van der Waals surface area contributed by atoms with E-state index in [4.69, 9.17) is 4.74 Å². The molecule has 1 amide bonds. The number of para-hydroxylation sites is 1. The monoisotopic (exact) mass is 389 g/mol. The summed E-state index contributed by atoms with van der Waals surface area (Å²) < 4.78 is 73.8. The lowest BCUT2D eigenvalue weighted by molar-refractivity contribution is -0.149. The van der Waals surface area contributed by atoms with Crippen molar-refractivity contribution < 1.29 is 41.0 Å². The van der Waals surface area contributed by atoms with Crippen LogP contribution in [0.5, 0.6) is 5.75 Å². The molecule has 0 saturated carbocycles. The van der Waals surface area contributed by atoms with Crippen molar-refractivity contribution >= 4 is 17.6 Å². The maximum Gasteiger partial charge on any atom is 0.416 e. The molecule has 1 N–H and O–H groups in total. The van der Waals surface area contributed by atoms with Crippen molar-refractivity contribution in [2.24, 2.45) is 0 Å². The lowest BCUT2D eigenvalue weighted by Crippen LogP contribution is -2.24. The third-order valence-electron chi connectivity index (χ3n) is 3.11. The quantitative estimate of drug-likeness (QED) is 0.606. The average molecular weight is 389 g/mol. The Bertz CT molecular complexity index is 818. The molecule has 0 aromatic heterocycles. The van der Waals surface area contributed by atoms with Gasteiger partial charge in [-0.05, 0) is 30.3 Å². The van der Waals surface area contributed by atoms with Gasteiger partial charge >= 0.3 is 12.1 Å². The van der Waals surface area contributed by atoms with Crippen LogP contribution >= 0.6 is 0 Å². The fraction of sp³-hybridized carbons (Fsp3) is 0.176. The summed E-state index contributed by atoms with van der Waals surface area (Å²) >= 11 is 0. The molecule has 5 nitrogen and oxygen atoms in total. The lowest BCUT2D eigenvalue weighted by atomic mass is 10.2. The maximum atomic E-state index is 13.4. The maximum absolute atomic E-state index is 13.4. The third-order valence-corrected chi connectivity index (χ3v) is 3.11. The molecule has 0 spiro atoms. The number of carbonyl (C=O) groups excluding carboxylic acids is 2. The van der Waals surface area contributed by atoms with Crippen molar-refractivity contribution in [2.75, 3.05) is 18.5 Å². The minimum atomic E-state index is -4.57. The zero-order valence-electron chi connectivity index (χ0n) is 13.5. The Morgan fingerprint density at radius 3 is 2.22 bits per heavy atom. The number of hydrogen-bond acceptors (Lipinski definition) is 4. The Kier molecular flexibility index (Phi) is 6.32. The summed E-state index contributed by atoms with van der Waals surface area (Å²) in [5, 5.41) is 1.90. The van der Waals surface area contributed by atoms with Crippen LogP contribution in [-0.2, 0) is 20.5 Å². The van der Waals surface area contributed by atoms with Gasteiger partial charge in [-0.25, -0.2) is 13.6 Å². The standard InChI is InChI=1S/C17H12F5NO4/c18-12-5-2-6-13(19)16(12)23-14(24)8-27-15(25)9-26-11-4-1-3-10(7-11)17(20,21)22/h1-7H,8-9H2,(H,23,24). The molecule has 0 aliphatic rings. The summed E-state index contributed by atoms with van der Waals surface area (Å²) in [6, 6.07) is 6.78. The fourth-order valence-corrected chi connectivity index (χ4v) is 1.88. The Morgan fingerprint density at radius 1 is 0.963 bits per heavy atom. The van der Waals surface area contributed by atoms with Gasteiger partial charge in [0.15, 0.2) is 13.2 Å². The number of hydrogen-bond donors (Lipinski definition) is 1. The number of anilines is 1. The second-order valence-corrected chi connectivity index (χ2v) is 5.12. The van der Waals surface area contributed by atoms with Crippen molar-refractivity contribution in [2.45, 2.75) is 6.18 Å². The van der Waals surface area contributed by atoms with E-state index in [2.05, 4.69) is 4.74 Å². The smallest absolute Gasteiger partial charge is 0.416 e. The van der Waals surface area contributed by atoms with E-state index in [-0.39, 0.29) is 5.75 Å². The molecular weight excluding hydrogens is 377 g/mol. The van der Waals surface area contributed by atoms with Crippen LogP contribution < -0.4 is 10.1 Å². The van der Waals surface area contributed by atoms with Crippen LogP contribution in [-0.4, -0.2) is 25.1 Å². The van der Waals surface area contributed by atoms with Gasteiger partial charge in [-0.15, -0.1) is 0 Å². The molecule has 2 aromatic rings. The predicted octanol–water partition coefficient (Wildman–Crippen LogP) is 3.54. The first kappa shape index (κ1) is 20.1. The number of halogens is 5. The summed E-state index contributed by atoms with van der Waals surface area (Å²) in [5.74, 6) is -4.31. The summed E-state index contributed by atoms with van der Waals surface area (Å²) in [4.78, 5) is 23.1. The van der Waals surface area contributed by atoms with Crippen molar-refractivity contribution in [3.8, 4) is 5.75 Å². The van der Waals surface area contributed by atoms with Gasteiger partial charge in [0.2, 0.25) is 0 Å². The number of carbonyl (C=O) groups is 2. The van der Waals surface area contributed by atoms with E-state index < -0.39 is 54.2 Å².